The number of benzene rings is 1. The maximum absolute atomic E-state index is 12.4. The van der Waals surface area contributed by atoms with Gasteiger partial charge in [0.2, 0.25) is 6.23 Å². The number of aryl methyl sites for hydroxylation is 1. The third kappa shape index (κ3) is 3.53. The number of fused-ring (bicyclic) bond motifs is 1. The third-order valence-corrected chi connectivity index (χ3v) is 4.04. The predicted molar refractivity (Wildman–Crippen MR) is 93.5 cm³/mol. The van der Waals surface area contributed by atoms with E-state index in [9.17, 15) is 4.79 Å². The Kier molecular flexibility index (Phi) is 4.23. The molecule has 1 N–H and O–H groups in total. The van der Waals surface area contributed by atoms with Gasteiger partial charge in [0.15, 0.2) is 0 Å². The molecule has 0 radical (unpaired) electrons. The van der Waals surface area contributed by atoms with Gasteiger partial charge in [0.25, 0.3) is 0 Å². The van der Waals surface area contributed by atoms with Gasteiger partial charge in [-0.05, 0) is 57.7 Å². The Labute approximate surface area is 143 Å². The lowest BCUT2D eigenvalue weighted by Gasteiger charge is -2.27. The summed E-state index contributed by atoms with van der Waals surface area (Å²) < 4.78 is 0. The van der Waals surface area contributed by atoms with Gasteiger partial charge in [0.05, 0.1) is 5.92 Å². The highest BCUT2D eigenvalue weighted by atomic mass is 16.7. The van der Waals surface area contributed by atoms with Crippen LogP contribution in [-0.4, -0.2) is 35.0 Å². The van der Waals surface area contributed by atoms with Crippen molar-refractivity contribution in [2.45, 2.75) is 45.9 Å². The number of hydrogen-bond donors (Lipinski definition) is 1. The first-order chi connectivity index (χ1) is 11.3. The topological polar surface area (TPSA) is 53.9 Å². The Morgan fingerprint density at radius 1 is 1.38 bits per heavy atom. The quantitative estimate of drug-likeness (QED) is 0.746. The molecule has 1 aromatic rings. The fraction of sp³-hybridized carbons (Fsp3) is 0.474. The predicted octanol–water partition coefficient (Wildman–Crippen LogP) is 2.89. The highest BCUT2D eigenvalue weighted by molar-refractivity contribution is 6.03. The zero-order valence-electron chi connectivity index (χ0n) is 14.6. The second-order valence-corrected chi connectivity index (χ2v) is 7.36. The van der Waals surface area contributed by atoms with Crippen LogP contribution in [0.1, 0.15) is 38.3 Å². The van der Waals surface area contributed by atoms with Crippen LogP contribution >= 0.6 is 0 Å². The fourth-order valence-corrected chi connectivity index (χ4v) is 2.93. The van der Waals surface area contributed by atoms with Crippen molar-refractivity contribution in [3.63, 3.8) is 0 Å². The number of rotatable bonds is 0. The van der Waals surface area contributed by atoms with E-state index in [-0.39, 0.29) is 23.7 Å². The standard InChI is InChI=1S/C19H23N3O2/c1-13-6-5-7-14(12-13)8-9-16-15-10-11-22(17(15)24-21-16)18(23)20-19(2,3)4/h5-7,12,15,17H,10-11H2,1-4H3,(H,20,23). The minimum Gasteiger partial charge on any atom is -0.369 e. The zero-order valence-corrected chi connectivity index (χ0v) is 14.6. The van der Waals surface area contributed by atoms with Gasteiger partial charge in [0, 0.05) is 17.6 Å². The average Bonchev–Trinajstić information content (AvgIpc) is 3.05. The second kappa shape index (κ2) is 6.20. The molecule has 2 amide bonds. The molecule has 2 unspecified atom stereocenters. The summed E-state index contributed by atoms with van der Waals surface area (Å²) in [5.41, 5.74) is 2.59. The normalized spacial score (nSPS) is 22.2. The van der Waals surface area contributed by atoms with Gasteiger partial charge in [-0.15, -0.1) is 0 Å². The van der Waals surface area contributed by atoms with Gasteiger partial charge >= 0.3 is 6.03 Å². The Bertz CT molecular complexity index is 737. The summed E-state index contributed by atoms with van der Waals surface area (Å²) in [4.78, 5) is 19.6. The number of nitrogens with one attached hydrogen (secondary N) is 1. The monoisotopic (exact) mass is 325 g/mol. The Hall–Kier alpha value is -2.48. The number of nitrogens with zero attached hydrogens (tertiary/aromatic N) is 2. The summed E-state index contributed by atoms with van der Waals surface area (Å²) in [6.45, 7) is 8.58. The lowest BCUT2D eigenvalue weighted by molar-refractivity contribution is -0.00733. The van der Waals surface area contributed by atoms with Crippen LogP contribution in [0, 0.1) is 24.7 Å². The number of likely N-dealkylation sites (tertiary alicyclic amines) is 1. The summed E-state index contributed by atoms with van der Waals surface area (Å²) in [6.07, 6.45) is 0.484. The van der Waals surface area contributed by atoms with Gasteiger partial charge in [-0.1, -0.05) is 23.2 Å². The van der Waals surface area contributed by atoms with Crippen molar-refractivity contribution in [2.75, 3.05) is 6.54 Å². The first kappa shape index (κ1) is 16.4. The van der Waals surface area contributed by atoms with Crippen LogP contribution in [0.5, 0.6) is 0 Å². The van der Waals surface area contributed by atoms with E-state index in [1.54, 1.807) is 4.90 Å². The Morgan fingerprint density at radius 3 is 2.88 bits per heavy atom. The molecule has 0 saturated carbocycles. The highest BCUT2D eigenvalue weighted by Gasteiger charge is 2.45. The van der Waals surface area contributed by atoms with Crippen molar-refractivity contribution >= 4 is 11.7 Å². The third-order valence-electron chi connectivity index (χ3n) is 4.04. The summed E-state index contributed by atoms with van der Waals surface area (Å²) in [7, 11) is 0. The van der Waals surface area contributed by atoms with Gasteiger partial charge < -0.3 is 10.2 Å². The molecule has 3 rings (SSSR count). The van der Waals surface area contributed by atoms with Gasteiger partial charge in [-0.3, -0.25) is 4.90 Å². The minimum atomic E-state index is -0.339. The SMILES string of the molecule is Cc1cccc(C#CC2=NOC3C2CCN3C(=O)NC(C)(C)C)c1. The molecule has 2 heterocycles. The summed E-state index contributed by atoms with van der Waals surface area (Å²) in [5, 5.41) is 7.08. The summed E-state index contributed by atoms with van der Waals surface area (Å²) >= 11 is 0. The average molecular weight is 325 g/mol. The second-order valence-electron chi connectivity index (χ2n) is 7.36. The van der Waals surface area contributed by atoms with Crippen LogP contribution < -0.4 is 5.32 Å². The van der Waals surface area contributed by atoms with Crippen molar-refractivity contribution in [1.82, 2.24) is 10.2 Å². The summed E-state index contributed by atoms with van der Waals surface area (Å²) in [6, 6.07) is 7.94. The zero-order chi connectivity index (χ0) is 17.3. The van der Waals surface area contributed by atoms with E-state index in [4.69, 9.17) is 4.84 Å². The van der Waals surface area contributed by atoms with Crippen molar-refractivity contribution < 1.29 is 9.63 Å². The molecule has 5 heteroatoms. The van der Waals surface area contributed by atoms with Crippen LogP contribution in [-0.2, 0) is 4.84 Å². The van der Waals surface area contributed by atoms with Crippen LogP contribution in [0.3, 0.4) is 0 Å². The number of oxime groups is 1. The van der Waals surface area contributed by atoms with E-state index in [2.05, 4.69) is 22.3 Å². The number of hydrogen-bond acceptors (Lipinski definition) is 3. The molecule has 1 fully saturated rings. The molecule has 24 heavy (non-hydrogen) atoms. The molecule has 2 aliphatic heterocycles. The number of carbonyl (C=O) groups excluding carboxylic acids is 1. The fourth-order valence-electron chi connectivity index (χ4n) is 2.93. The molecule has 0 bridgehead atoms. The molecular weight excluding hydrogens is 302 g/mol. The van der Waals surface area contributed by atoms with Gasteiger partial charge in [0.1, 0.15) is 5.71 Å². The maximum atomic E-state index is 12.4. The van der Waals surface area contributed by atoms with Crippen molar-refractivity contribution in [3.05, 3.63) is 35.4 Å². The van der Waals surface area contributed by atoms with Crippen LogP contribution in [0.15, 0.2) is 29.4 Å². The summed E-state index contributed by atoms with van der Waals surface area (Å²) in [5.74, 6) is 6.33. The van der Waals surface area contributed by atoms with E-state index in [0.717, 1.165) is 17.7 Å². The minimum absolute atomic E-state index is 0.0630. The molecular formula is C19H23N3O2. The molecule has 0 aromatic heterocycles. The molecule has 2 atom stereocenters. The Balaban J connectivity index is 1.68. The van der Waals surface area contributed by atoms with Crippen LogP contribution in [0.4, 0.5) is 4.79 Å². The number of amides is 2. The molecule has 126 valence electrons. The first-order valence-electron chi connectivity index (χ1n) is 8.25. The van der Waals surface area contributed by atoms with Crippen molar-refractivity contribution in [1.29, 1.82) is 0 Å². The molecule has 5 nitrogen and oxygen atoms in total. The van der Waals surface area contributed by atoms with Crippen LogP contribution in [0.25, 0.3) is 0 Å². The molecule has 1 aromatic carbocycles. The first-order valence-corrected chi connectivity index (χ1v) is 8.25. The van der Waals surface area contributed by atoms with Crippen LogP contribution in [0.2, 0.25) is 0 Å². The van der Waals surface area contributed by atoms with Gasteiger partial charge in [-0.2, -0.15) is 0 Å². The Morgan fingerprint density at radius 2 is 2.17 bits per heavy atom. The number of carbonyl (C=O) groups is 1. The lowest BCUT2D eigenvalue weighted by Crippen LogP contribution is -2.50. The molecule has 0 spiro atoms. The van der Waals surface area contributed by atoms with Crippen molar-refractivity contribution in [3.8, 4) is 11.8 Å². The van der Waals surface area contributed by atoms with E-state index in [0.29, 0.717) is 6.54 Å². The largest absolute Gasteiger partial charge is 0.369 e. The molecule has 1 saturated heterocycles. The lowest BCUT2D eigenvalue weighted by atomic mass is 10.0. The van der Waals surface area contributed by atoms with E-state index < -0.39 is 0 Å². The van der Waals surface area contributed by atoms with E-state index in [1.807, 2.05) is 52.0 Å². The highest BCUT2D eigenvalue weighted by Crippen LogP contribution is 2.31. The molecule has 0 aliphatic carbocycles. The van der Waals surface area contributed by atoms with E-state index in [1.165, 1.54) is 5.56 Å². The van der Waals surface area contributed by atoms with Gasteiger partial charge in [-0.25, -0.2) is 4.79 Å². The maximum Gasteiger partial charge on any atom is 0.320 e. The smallest absolute Gasteiger partial charge is 0.320 e. The molecule has 2 aliphatic rings. The van der Waals surface area contributed by atoms with E-state index >= 15 is 0 Å². The number of urea groups is 1. The van der Waals surface area contributed by atoms with Crippen molar-refractivity contribution in [2.24, 2.45) is 11.1 Å².